The summed E-state index contributed by atoms with van der Waals surface area (Å²) in [7, 11) is 1.71. The molecular formula is C26H26Cl3N3O. The Labute approximate surface area is 210 Å². The van der Waals surface area contributed by atoms with Crippen LogP contribution in [0.15, 0.2) is 61.1 Å². The smallest absolute Gasteiger partial charge is 0.122 e. The number of hydrogen-bond acceptors (Lipinski definition) is 4. The topological polar surface area (TPSA) is 47.9 Å². The molecule has 7 heteroatoms. The molecule has 0 aliphatic carbocycles. The number of nitrogens with zero attached hydrogens (tertiary/aromatic N) is 3. The minimum atomic E-state index is 0. The van der Waals surface area contributed by atoms with Gasteiger partial charge in [-0.15, -0.1) is 12.4 Å². The van der Waals surface area contributed by atoms with Crippen molar-refractivity contribution in [3.63, 3.8) is 0 Å². The fourth-order valence-electron chi connectivity index (χ4n) is 4.06. The lowest BCUT2D eigenvalue weighted by Crippen LogP contribution is -2.01. The van der Waals surface area contributed by atoms with Gasteiger partial charge in [0.2, 0.25) is 0 Å². The SMILES string of the molecule is COc1ccc2c(Cc3c(Cl)cncc3Cl)nncc2c1CCCCCc1ccccc1.Cl. The molecule has 0 aliphatic rings. The van der Waals surface area contributed by atoms with Gasteiger partial charge in [-0.05, 0) is 48.9 Å². The molecule has 0 saturated heterocycles. The maximum absolute atomic E-state index is 6.34. The number of methoxy groups -OCH3 is 1. The molecular weight excluding hydrogens is 477 g/mol. The summed E-state index contributed by atoms with van der Waals surface area (Å²) in [6, 6.07) is 14.7. The van der Waals surface area contributed by atoms with Crippen molar-refractivity contribution in [2.75, 3.05) is 7.11 Å². The van der Waals surface area contributed by atoms with Crippen LogP contribution in [0.4, 0.5) is 0 Å². The van der Waals surface area contributed by atoms with Gasteiger partial charge in [-0.2, -0.15) is 10.2 Å². The first kappa shape index (κ1) is 25.2. The quantitative estimate of drug-likeness (QED) is 0.225. The van der Waals surface area contributed by atoms with E-state index in [4.69, 9.17) is 27.9 Å². The minimum Gasteiger partial charge on any atom is -0.496 e. The largest absolute Gasteiger partial charge is 0.496 e. The van der Waals surface area contributed by atoms with E-state index >= 15 is 0 Å². The van der Waals surface area contributed by atoms with E-state index in [0.717, 1.165) is 53.5 Å². The zero-order chi connectivity index (χ0) is 22.3. The summed E-state index contributed by atoms with van der Waals surface area (Å²) in [6.45, 7) is 0. The maximum Gasteiger partial charge on any atom is 0.122 e. The second-order valence-electron chi connectivity index (χ2n) is 7.80. The van der Waals surface area contributed by atoms with Gasteiger partial charge in [0.25, 0.3) is 0 Å². The predicted molar refractivity (Wildman–Crippen MR) is 138 cm³/mol. The van der Waals surface area contributed by atoms with Gasteiger partial charge in [-0.1, -0.05) is 60.0 Å². The number of rotatable bonds is 9. The van der Waals surface area contributed by atoms with E-state index in [0.29, 0.717) is 16.5 Å². The Morgan fingerprint density at radius 1 is 0.788 bits per heavy atom. The molecule has 0 N–H and O–H groups in total. The highest BCUT2D eigenvalue weighted by Crippen LogP contribution is 2.33. The third kappa shape index (κ3) is 6.14. The molecule has 172 valence electrons. The van der Waals surface area contributed by atoms with Crippen LogP contribution in [0.3, 0.4) is 0 Å². The molecule has 0 bridgehead atoms. The van der Waals surface area contributed by atoms with Crippen molar-refractivity contribution in [1.29, 1.82) is 0 Å². The normalized spacial score (nSPS) is 10.8. The van der Waals surface area contributed by atoms with Crippen LogP contribution in [0, 0.1) is 0 Å². The summed E-state index contributed by atoms with van der Waals surface area (Å²) in [5.74, 6) is 0.888. The molecule has 0 radical (unpaired) electrons. The van der Waals surface area contributed by atoms with Crippen molar-refractivity contribution in [2.24, 2.45) is 0 Å². The number of halogens is 3. The molecule has 0 spiro atoms. The molecule has 0 atom stereocenters. The average Bonchev–Trinajstić information content (AvgIpc) is 2.82. The predicted octanol–water partition coefficient (Wildman–Crippen LogP) is 7.31. The van der Waals surface area contributed by atoms with E-state index in [1.54, 1.807) is 19.5 Å². The second-order valence-corrected chi connectivity index (χ2v) is 8.62. The Balaban J connectivity index is 0.00000306. The summed E-state index contributed by atoms with van der Waals surface area (Å²) < 4.78 is 5.68. The fourth-order valence-corrected chi connectivity index (χ4v) is 4.56. The average molecular weight is 503 g/mol. The Bertz CT molecular complexity index is 1180. The number of ether oxygens (including phenoxy) is 1. The van der Waals surface area contributed by atoms with Crippen molar-refractivity contribution in [1.82, 2.24) is 15.2 Å². The molecule has 0 saturated carbocycles. The second kappa shape index (κ2) is 12.2. The Kier molecular flexibility index (Phi) is 9.30. The molecule has 2 heterocycles. The molecule has 0 aliphatic heterocycles. The maximum atomic E-state index is 6.34. The zero-order valence-electron chi connectivity index (χ0n) is 18.4. The minimum absolute atomic E-state index is 0. The lowest BCUT2D eigenvalue weighted by Gasteiger charge is -2.14. The third-order valence-corrected chi connectivity index (χ3v) is 6.39. The Morgan fingerprint density at radius 2 is 1.52 bits per heavy atom. The summed E-state index contributed by atoms with van der Waals surface area (Å²) in [6.07, 6.45) is 11.0. The van der Waals surface area contributed by atoms with Crippen LogP contribution in [0.5, 0.6) is 5.75 Å². The van der Waals surface area contributed by atoms with Gasteiger partial charge in [-0.25, -0.2) is 0 Å². The Morgan fingerprint density at radius 3 is 2.24 bits per heavy atom. The van der Waals surface area contributed by atoms with E-state index < -0.39 is 0 Å². The van der Waals surface area contributed by atoms with Gasteiger partial charge in [0, 0.05) is 35.2 Å². The van der Waals surface area contributed by atoms with Crippen LogP contribution >= 0.6 is 35.6 Å². The lowest BCUT2D eigenvalue weighted by molar-refractivity contribution is 0.409. The highest BCUT2D eigenvalue weighted by molar-refractivity contribution is 6.35. The van der Waals surface area contributed by atoms with Gasteiger partial charge < -0.3 is 4.74 Å². The van der Waals surface area contributed by atoms with Crippen LogP contribution in [0.2, 0.25) is 10.0 Å². The zero-order valence-corrected chi connectivity index (χ0v) is 20.8. The molecule has 0 fully saturated rings. The summed E-state index contributed by atoms with van der Waals surface area (Å²) in [5, 5.41) is 11.9. The first-order valence-electron chi connectivity index (χ1n) is 10.8. The number of aryl methyl sites for hydroxylation is 2. The van der Waals surface area contributed by atoms with Crippen LogP contribution in [0.1, 0.15) is 41.6 Å². The van der Waals surface area contributed by atoms with Crippen LogP contribution in [0.25, 0.3) is 10.8 Å². The van der Waals surface area contributed by atoms with Gasteiger partial charge in [0.1, 0.15) is 5.75 Å². The standard InChI is InChI=1S/C26H25Cl2N3O.ClH/c1-32-26-13-12-19-22(20(26)11-7-3-6-10-18-8-4-2-5-9-18)15-30-31-25(19)14-21-23(27)16-29-17-24(21)28;/h2,4-5,8-9,12-13,15-17H,3,6-7,10-11,14H2,1H3;1H. The number of benzene rings is 2. The van der Waals surface area contributed by atoms with E-state index in [9.17, 15) is 0 Å². The van der Waals surface area contributed by atoms with Crippen LogP contribution in [-0.4, -0.2) is 22.3 Å². The van der Waals surface area contributed by atoms with Gasteiger partial charge >= 0.3 is 0 Å². The van der Waals surface area contributed by atoms with E-state index in [-0.39, 0.29) is 12.4 Å². The fraction of sp³-hybridized carbons (Fsp3) is 0.269. The highest BCUT2D eigenvalue weighted by atomic mass is 35.5. The van der Waals surface area contributed by atoms with Crippen LogP contribution in [-0.2, 0) is 19.3 Å². The molecule has 2 aromatic carbocycles. The van der Waals surface area contributed by atoms with Crippen molar-refractivity contribution in [3.05, 3.63) is 93.5 Å². The summed E-state index contributed by atoms with van der Waals surface area (Å²) in [5.41, 5.74) is 4.21. The van der Waals surface area contributed by atoms with E-state index in [1.807, 2.05) is 18.3 Å². The highest BCUT2D eigenvalue weighted by Gasteiger charge is 2.15. The van der Waals surface area contributed by atoms with Gasteiger partial charge in [-0.3, -0.25) is 4.98 Å². The third-order valence-electron chi connectivity index (χ3n) is 5.74. The van der Waals surface area contributed by atoms with Crippen molar-refractivity contribution in [2.45, 2.75) is 38.5 Å². The summed E-state index contributed by atoms with van der Waals surface area (Å²) >= 11 is 12.7. The lowest BCUT2D eigenvalue weighted by atomic mass is 9.97. The number of pyridine rings is 1. The summed E-state index contributed by atoms with van der Waals surface area (Å²) in [4.78, 5) is 4.04. The van der Waals surface area contributed by atoms with Crippen molar-refractivity contribution in [3.8, 4) is 5.75 Å². The molecule has 4 aromatic rings. The van der Waals surface area contributed by atoms with Gasteiger partial charge in [0.15, 0.2) is 0 Å². The number of unbranched alkanes of at least 4 members (excludes halogenated alkanes) is 2. The molecule has 0 amide bonds. The number of hydrogen-bond donors (Lipinski definition) is 0. The van der Waals surface area contributed by atoms with Crippen molar-refractivity contribution < 1.29 is 4.74 Å². The number of aromatic nitrogens is 3. The molecule has 0 unspecified atom stereocenters. The molecule has 2 aromatic heterocycles. The molecule has 4 nitrogen and oxygen atoms in total. The Hall–Kier alpha value is -2.40. The van der Waals surface area contributed by atoms with Crippen molar-refractivity contribution >= 4 is 46.4 Å². The van der Waals surface area contributed by atoms with E-state index in [1.165, 1.54) is 17.5 Å². The van der Waals surface area contributed by atoms with E-state index in [2.05, 4.69) is 45.5 Å². The number of fused-ring (bicyclic) bond motifs is 1. The molecule has 33 heavy (non-hydrogen) atoms. The molecule has 4 rings (SSSR count). The first-order valence-corrected chi connectivity index (χ1v) is 11.5. The van der Waals surface area contributed by atoms with Gasteiger partial charge in [0.05, 0.1) is 29.0 Å². The van der Waals surface area contributed by atoms with Crippen LogP contribution < -0.4 is 4.74 Å². The monoisotopic (exact) mass is 501 g/mol. The first-order chi connectivity index (χ1) is 15.7.